The minimum absolute atomic E-state index is 0.0839. The number of carboxylic acids is 1. The second-order valence-corrected chi connectivity index (χ2v) is 7.18. The van der Waals surface area contributed by atoms with Crippen molar-refractivity contribution in [2.45, 2.75) is 32.1 Å². The molecule has 1 N–H and O–H groups in total. The topological polar surface area (TPSA) is 57.6 Å². The fraction of sp³-hybridized carbons (Fsp3) is 0.600. The van der Waals surface area contributed by atoms with Gasteiger partial charge in [0.15, 0.2) is 0 Å². The van der Waals surface area contributed by atoms with Gasteiger partial charge in [0.25, 0.3) is 0 Å². The molecule has 4 nitrogen and oxygen atoms in total. The SMILES string of the molecule is Cc1ccc([C@@H]2C[C@@H]2C(=O)N2CCC[C@@H](C(=O)O)C2)s1. The first kappa shape index (κ1) is 13.6. The van der Waals surface area contributed by atoms with Crippen LogP contribution >= 0.6 is 11.3 Å². The molecule has 20 heavy (non-hydrogen) atoms. The van der Waals surface area contributed by atoms with Gasteiger partial charge in [-0.2, -0.15) is 0 Å². The molecule has 1 amide bonds. The molecule has 1 aromatic heterocycles. The third-order valence-electron chi connectivity index (χ3n) is 4.32. The summed E-state index contributed by atoms with van der Waals surface area (Å²) in [7, 11) is 0. The first-order valence-electron chi connectivity index (χ1n) is 7.14. The summed E-state index contributed by atoms with van der Waals surface area (Å²) in [6.07, 6.45) is 2.42. The Morgan fingerprint density at radius 1 is 1.40 bits per heavy atom. The second kappa shape index (κ2) is 5.20. The Labute approximate surface area is 122 Å². The molecule has 0 bridgehead atoms. The normalized spacial score (nSPS) is 29.2. The molecule has 1 aliphatic carbocycles. The van der Waals surface area contributed by atoms with Crippen LogP contribution in [0.4, 0.5) is 0 Å². The summed E-state index contributed by atoms with van der Waals surface area (Å²) in [6.45, 7) is 3.19. The lowest BCUT2D eigenvalue weighted by Crippen LogP contribution is -2.43. The van der Waals surface area contributed by atoms with Crippen molar-refractivity contribution in [1.82, 2.24) is 4.90 Å². The van der Waals surface area contributed by atoms with Crippen LogP contribution in [0, 0.1) is 18.8 Å². The summed E-state index contributed by atoms with van der Waals surface area (Å²) in [5, 5.41) is 9.09. The Kier molecular flexibility index (Phi) is 3.54. The molecule has 2 aliphatic rings. The number of carbonyl (C=O) groups excluding carboxylic acids is 1. The smallest absolute Gasteiger partial charge is 0.308 e. The molecule has 1 saturated carbocycles. The zero-order chi connectivity index (χ0) is 14.3. The molecule has 3 atom stereocenters. The monoisotopic (exact) mass is 293 g/mol. The molecule has 0 unspecified atom stereocenters. The van der Waals surface area contributed by atoms with Crippen molar-refractivity contribution >= 4 is 23.2 Å². The van der Waals surface area contributed by atoms with Crippen molar-refractivity contribution in [3.63, 3.8) is 0 Å². The Balaban J connectivity index is 1.61. The minimum atomic E-state index is -0.774. The van der Waals surface area contributed by atoms with Gasteiger partial charge in [0.1, 0.15) is 0 Å². The first-order chi connectivity index (χ1) is 9.56. The number of nitrogens with zero attached hydrogens (tertiary/aromatic N) is 1. The Bertz CT molecular complexity index is 539. The van der Waals surface area contributed by atoms with E-state index in [1.165, 1.54) is 9.75 Å². The molecule has 1 aliphatic heterocycles. The molecule has 108 valence electrons. The fourth-order valence-corrected chi connectivity index (χ4v) is 4.10. The minimum Gasteiger partial charge on any atom is -0.481 e. The first-order valence-corrected chi connectivity index (χ1v) is 7.96. The quantitative estimate of drug-likeness (QED) is 0.931. The van der Waals surface area contributed by atoms with Crippen LogP contribution in [0.2, 0.25) is 0 Å². The standard InChI is InChI=1S/C15H19NO3S/c1-9-4-5-13(20-9)11-7-12(11)14(17)16-6-2-3-10(8-16)15(18)19/h4-5,10-12H,2-3,6-8H2,1H3,(H,18,19)/t10-,11-,12+/m1/s1. The molecule has 0 spiro atoms. The van der Waals surface area contributed by atoms with Gasteiger partial charge in [-0.25, -0.2) is 0 Å². The summed E-state index contributed by atoms with van der Waals surface area (Å²) >= 11 is 1.77. The highest BCUT2D eigenvalue weighted by Gasteiger charge is 2.47. The number of hydrogen-bond donors (Lipinski definition) is 1. The average molecular weight is 293 g/mol. The fourth-order valence-electron chi connectivity index (χ4n) is 3.05. The number of piperidine rings is 1. The lowest BCUT2D eigenvalue weighted by molar-refractivity contribution is -0.146. The number of hydrogen-bond acceptors (Lipinski definition) is 3. The van der Waals surface area contributed by atoms with Crippen LogP contribution in [-0.4, -0.2) is 35.0 Å². The highest BCUT2D eigenvalue weighted by atomic mass is 32.1. The van der Waals surface area contributed by atoms with Gasteiger partial charge >= 0.3 is 5.97 Å². The Morgan fingerprint density at radius 2 is 2.20 bits per heavy atom. The van der Waals surface area contributed by atoms with E-state index in [1.54, 1.807) is 16.2 Å². The van der Waals surface area contributed by atoms with Gasteiger partial charge in [0, 0.05) is 34.7 Å². The van der Waals surface area contributed by atoms with Crippen molar-refractivity contribution in [2.75, 3.05) is 13.1 Å². The number of carbonyl (C=O) groups is 2. The molecular formula is C15H19NO3S. The highest BCUT2D eigenvalue weighted by molar-refractivity contribution is 7.12. The van der Waals surface area contributed by atoms with E-state index in [-0.39, 0.29) is 17.7 Å². The van der Waals surface area contributed by atoms with Crippen LogP contribution in [0.1, 0.15) is 34.9 Å². The number of thiophene rings is 1. The van der Waals surface area contributed by atoms with Gasteiger partial charge in [0.05, 0.1) is 5.92 Å². The Morgan fingerprint density at radius 3 is 2.85 bits per heavy atom. The Hall–Kier alpha value is -1.36. The zero-order valence-electron chi connectivity index (χ0n) is 11.5. The van der Waals surface area contributed by atoms with Gasteiger partial charge in [-0.05, 0) is 38.3 Å². The molecule has 1 aromatic rings. The third kappa shape index (κ3) is 2.59. The molecule has 2 fully saturated rings. The van der Waals surface area contributed by atoms with Crippen LogP contribution in [0.3, 0.4) is 0 Å². The van der Waals surface area contributed by atoms with Crippen molar-refractivity contribution < 1.29 is 14.7 Å². The number of aliphatic carboxylic acids is 1. The van der Waals surface area contributed by atoms with Gasteiger partial charge in [0.2, 0.25) is 5.91 Å². The number of rotatable bonds is 3. The summed E-state index contributed by atoms with van der Waals surface area (Å²) in [4.78, 5) is 27.9. The second-order valence-electron chi connectivity index (χ2n) is 5.86. The molecule has 2 heterocycles. The maximum absolute atomic E-state index is 12.5. The van der Waals surface area contributed by atoms with Gasteiger partial charge < -0.3 is 10.0 Å². The lowest BCUT2D eigenvalue weighted by atomic mass is 9.98. The highest BCUT2D eigenvalue weighted by Crippen LogP contribution is 2.50. The summed E-state index contributed by atoms with van der Waals surface area (Å²) in [5.41, 5.74) is 0. The third-order valence-corrected chi connectivity index (χ3v) is 5.45. The van der Waals surface area contributed by atoms with E-state index < -0.39 is 5.97 Å². The van der Waals surface area contributed by atoms with Gasteiger partial charge in [-0.15, -0.1) is 11.3 Å². The number of aryl methyl sites for hydroxylation is 1. The lowest BCUT2D eigenvalue weighted by Gasteiger charge is -2.31. The average Bonchev–Trinajstić information content (AvgIpc) is 3.13. The van der Waals surface area contributed by atoms with Crippen LogP contribution in [0.15, 0.2) is 12.1 Å². The van der Waals surface area contributed by atoms with Gasteiger partial charge in [-0.3, -0.25) is 9.59 Å². The van der Waals surface area contributed by atoms with Crippen LogP contribution < -0.4 is 0 Å². The molecule has 0 aromatic carbocycles. The van der Waals surface area contributed by atoms with E-state index in [0.717, 1.165) is 19.4 Å². The van der Waals surface area contributed by atoms with Crippen LogP contribution in [-0.2, 0) is 9.59 Å². The van der Waals surface area contributed by atoms with Gasteiger partial charge in [-0.1, -0.05) is 0 Å². The largest absolute Gasteiger partial charge is 0.481 e. The van der Waals surface area contributed by atoms with Crippen molar-refractivity contribution in [2.24, 2.45) is 11.8 Å². The summed E-state index contributed by atoms with van der Waals surface area (Å²) in [6, 6.07) is 4.22. The molecule has 5 heteroatoms. The summed E-state index contributed by atoms with van der Waals surface area (Å²) in [5.74, 6) is -0.545. The number of amides is 1. The maximum atomic E-state index is 12.5. The number of likely N-dealkylation sites (tertiary alicyclic amines) is 1. The predicted octanol–water partition coefficient (Wildman–Crippen LogP) is 2.48. The number of carboxylic acid groups (broad SMARTS) is 1. The van der Waals surface area contributed by atoms with Crippen molar-refractivity contribution in [3.05, 3.63) is 21.9 Å². The molecule has 3 rings (SSSR count). The van der Waals surface area contributed by atoms with E-state index in [1.807, 2.05) is 0 Å². The van der Waals surface area contributed by atoms with E-state index in [2.05, 4.69) is 19.1 Å². The predicted molar refractivity (Wildman–Crippen MR) is 76.8 cm³/mol. The summed E-state index contributed by atoms with van der Waals surface area (Å²) < 4.78 is 0. The molecule has 1 saturated heterocycles. The van der Waals surface area contributed by atoms with E-state index in [4.69, 9.17) is 5.11 Å². The van der Waals surface area contributed by atoms with Crippen molar-refractivity contribution in [1.29, 1.82) is 0 Å². The van der Waals surface area contributed by atoms with Crippen molar-refractivity contribution in [3.8, 4) is 0 Å². The maximum Gasteiger partial charge on any atom is 0.308 e. The van der Waals surface area contributed by atoms with Crippen LogP contribution in [0.25, 0.3) is 0 Å². The molecule has 0 radical (unpaired) electrons. The molecular weight excluding hydrogens is 274 g/mol. The van der Waals surface area contributed by atoms with Crippen LogP contribution in [0.5, 0.6) is 0 Å². The van der Waals surface area contributed by atoms with E-state index in [0.29, 0.717) is 18.9 Å². The zero-order valence-corrected chi connectivity index (χ0v) is 12.4. The van der Waals surface area contributed by atoms with E-state index >= 15 is 0 Å². The van der Waals surface area contributed by atoms with E-state index in [9.17, 15) is 9.59 Å².